The van der Waals surface area contributed by atoms with E-state index in [1.807, 2.05) is 6.92 Å². The van der Waals surface area contributed by atoms with Crippen molar-refractivity contribution >= 4 is 5.97 Å². The fourth-order valence-corrected chi connectivity index (χ4v) is 1.67. The maximum Gasteiger partial charge on any atom is 0.307 e. The van der Waals surface area contributed by atoms with E-state index in [9.17, 15) is 9.18 Å². The molecule has 0 amide bonds. The molecule has 0 spiro atoms. The summed E-state index contributed by atoms with van der Waals surface area (Å²) in [4.78, 5) is 10.8. The van der Waals surface area contributed by atoms with Gasteiger partial charge in [-0.25, -0.2) is 4.39 Å². The van der Waals surface area contributed by atoms with Crippen molar-refractivity contribution in [2.24, 2.45) is 11.7 Å². The Morgan fingerprint density at radius 3 is 2.75 bits per heavy atom. The Morgan fingerprint density at radius 1 is 1.56 bits per heavy atom. The summed E-state index contributed by atoms with van der Waals surface area (Å²) >= 11 is 0. The summed E-state index contributed by atoms with van der Waals surface area (Å²) in [5.41, 5.74) is 6.18. The molecular weight excluding hydrogens is 209 g/mol. The SMILES string of the molecule is CC(CC(CN)C(=O)O)c1cccc(F)c1. The van der Waals surface area contributed by atoms with Crippen LogP contribution in [-0.2, 0) is 4.79 Å². The van der Waals surface area contributed by atoms with E-state index in [-0.39, 0.29) is 18.3 Å². The third-order valence-corrected chi connectivity index (χ3v) is 2.69. The van der Waals surface area contributed by atoms with Gasteiger partial charge in [0.25, 0.3) is 0 Å². The highest BCUT2D eigenvalue weighted by Gasteiger charge is 2.19. The first-order valence-electron chi connectivity index (χ1n) is 5.23. The topological polar surface area (TPSA) is 63.3 Å². The Hall–Kier alpha value is -1.42. The predicted octanol–water partition coefficient (Wildman–Crippen LogP) is 1.98. The minimum absolute atomic E-state index is 0.0136. The fourth-order valence-electron chi connectivity index (χ4n) is 1.67. The van der Waals surface area contributed by atoms with Crippen LogP contribution in [0, 0.1) is 11.7 Å². The van der Waals surface area contributed by atoms with Crippen molar-refractivity contribution in [2.75, 3.05) is 6.54 Å². The van der Waals surface area contributed by atoms with E-state index in [4.69, 9.17) is 10.8 Å². The van der Waals surface area contributed by atoms with E-state index in [1.165, 1.54) is 12.1 Å². The summed E-state index contributed by atoms with van der Waals surface area (Å²) < 4.78 is 13.0. The Labute approximate surface area is 94.1 Å². The van der Waals surface area contributed by atoms with Crippen LogP contribution < -0.4 is 5.73 Å². The summed E-state index contributed by atoms with van der Waals surface area (Å²) in [6.07, 6.45) is 0.426. The molecule has 3 nitrogen and oxygen atoms in total. The number of carboxylic acid groups (broad SMARTS) is 1. The van der Waals surface area contributed by atoms with Gasteiger partial charge in [0.2, 0.25) is 0 Å². The van der Waals surface area contributed by atoms with Gasteiger partial charge in [-0.15, -0.1) is 0 Å². The second-order valence-corrected chi connectivity index (χ2v) is 3.96. The lowest BCUT2D eigenvalue weighted by Crippen LogP contribution is -2.24. The summed E-state index contributed by atoms with van der Waals surface area (Å²) in [6, 6.07) is 6.22. The van der Waals surface area contributed by atoms with Crippen LogP contribution in [0.4, 0.5) is 4.39 Å². The predicted molar refractivity (Wildman–Crippen MR) is 59.6 cm³/mol. The number of nitrogens with two attached hydrogens (primary N) is 1. The standard InChI is InChI=1S/C12H16FNO2/c1-8(5-10(7-14)12(15)16)9-3-2-4-11(13)6-9/h2-4,6,8,10H,5,7,14H2,1H3,(H,15,16). The van der Waals surface area contributed by atoms with Gasteiger partial charge in [0.15, 0.2) is 0 Å². The maximum atomic E-state index is 13.0. The summed E-state index contributed by atoms with van der Waals surface area (Å²) in [5.74, 6) is -1.78. The van der Waals surface area contributed by atoms with Crippen LogP contribution in [0.25, 0.3) is 0 Å². The molecule has 88 valence electrons. The van der Waals surface area contributed by atoms with Crippen molar-refractivity contribution in [1.82, 2.24) is 0 Å². The highest BCUT2D eigenvalue weighted by Crippen LogP contribution is 2.23. The second kappa shape index (κ2) is 5.61. The maximum absolute atomic E-state index is 13.0. The number of aliphatic carboxylic acids is 1. The van der Waals surface area contributed by atoms with Gasteiger partial charge in [-0.2, -0.15) is 0 Å². The summed E-state index contributed by atoms with van der Waals surface area (Å²) in [5, 5.41) is 8.87. The normalized spacial score (nSPS) is 14.4. The number of hydrogen-bond donors (Lipinski definition) is 2. The van der Waals surface area contributed by atoms with Gasteiger partial charge < -0.3 is 10.8 Å². The van der Waals surface area contributed by atoms with Crippen LogP contribution in [0.2, 0.25) is 0 Å². The second-order valence-electron chi connectivity index (χ2n) is 3.96. The number of carbonyl (C=O) groups is 1. The van der Waals surface area contributed by atoms with E-state index >= 15 is 0 Å². The average molecular weight is 225 g/mol. The van der Waals surface area contributed by atoms with Gasteiger partial charge in [0.05, 0.1) is 5.92 Å². The highest BCUT2D eigenvalue weighted by atomic mass is 19.1. The third kappa shape index (κ3) is 3.31. The number of halogens is 1. The average Bonchev–Trinajstić information content (AvgIpc) is 2.25. The van der Waals surface area contributed by atoms with Gasteiger partial charge in [0.1, 0.15) is 5.82 Å². The number of hydrogen-bond acceptors (Lipinski definition) is 2. The molecule has 0 saturated carbocycles. The van der Waals surface area contributed by atoms with E-state index in [0.717, 1.165) is 5.56 Å². The highest BCUT2D eigenvalue weighted by molar-refractivity contribution is 5.70. The molecule has 4 heteroatoms. The number of rotatable bonds is 5. The lowest BCUT2D eigenvalue weighted by Gasteiger charge is -2.16. The molecule has 0 radical (unpaired) electrons. The molecule has 1 aromatic carbocycles. The van der Waals surface area contributed by atoms with E-state index < -0.39 is 11.9 Å². The van der Waals surface area contributed by atoms with Crippen LogP contribution in [0.15, 0.2) is 24.3 Å². The first-order valence-corrected chi connectivity index (χ1v) is 5.23. The van der Waals surface area contributed by atoms with Gasteiger partial charge in [-0.1, -0.05) is 19.1 Å². The zero-order chi connectivity index (χ0) is 12.1. The first kappa shape index (κ1) is 12.6. The zero-order valence-electron chi connectivity index (χ0n) is 9.19. The molecule has 1 rings (SSSR count). The molecule has 0 saturated heterocycles. The number of benzene rings is 1. The van der Waals surface area contributed by atoms with Crippen LogP contribution in [0.5, 0.6) is 0 Å². The van der Waals surface area contributed by atoms with Crippen LogP contribution in [-0.4, -0.2) is 17.6 Å². The van der Waals surface area contributed by atoms with Crippen molar-refractivity contribution in [3.05, 3.63) is 35.6 Å². The third-order valence-electron chi connectivity index (χ3n) is 2.69. The van der Waals surface area contributed by atoms with Gasteiger partial charge in [-0.05, 0) is 30.0 Å². The van der Waals surface area contributed by atoms with Crippen molar-refractivity contribution in [3.63, 3.8) is 0 Å². The molecule has 1 aromatic rings. The fraction of sp³-hybridized carbons (Fsp3) is 0.417. The van der Waals surface area contributed by atoms with E-state index in [1.54, 1.807) is 12.1 Å². The minimum atomic E-state index is -0.897. The monoisotopic (exact) mass is 225 g/mol. The quantitative estimate of drug-likeness (QED) is 0.805. The van der Waals surface area contributed by atoms with Crippen molar-refractivity contribution in [3.8, 4) is 0 Å². The van der Waals surface area contributed by atoms with Gasteiger partial charge >= 0.3 is 5.97 Å². The van der Waals surface area contributed by atoms with E-state index in [0.29, 0.717) is 6.42 Å². The minimum Gasteiger partial charge on any atom is -0.481 e. The lowest BCUT2D eigenvalue weighted by atomic mass is 9.90. The molecule has 2 unspecified atom stereocenters. The van der Waals surface area contributed by atoms with E-state index in [2.05, 4.69) is 0 Å². The molecule has 0 aromatic heterocycles. The Balaban J connectivity index is 2.71. The molecule has 16 heavy (non-hydrogen) atoms. The Bertz CT molecular complexity index is 368. The first-order chi connectivity index (χ1) is 7.54. The molecular formula is C12H16FNO2. The van der Waals surface area contributed by atoms with Crippen LogP contribution in [0.3, 0.4) is 0 Å². The molecule has 3 N–H and O–H groups in total. The van der Waals surface area contributed by atoms with Gasteiger partial charge in [-0.3, -0.25) is 4.79 Å². The molecule has 0 heterocycles. The molecule has 0 aliphatic rings. The molecule has 0 bridgehead atoms. The Kier molecular flexibility index (Phi) is 4.43. The largest absolute Gasteiger partial charge is 0.481 e. The van der Waals surface area contributed by atoms with Crippen LogP contribution >= 0.6 is 0 Å². The van der Waals surface area contributed by atoms with Crippen molar-refractivity contribution < 1.29 is 14.3 Å². The smallest absolute Gasteiger partial charge is 0.307 e. The van der Waals surface area contributed by atoms with Crippen molar-refractivity contribution in [2.45, 2.75) is 19.3 Å². The van der Waals surface area contributed by atoms with Crippen molar-refractivity contribution in [1.29, 1.82) is 0 Å². The zero-order valence-corrected chi connectivity index (χ0v) is 9.19. The summed E-state index contributed by atoms with van der Waals surface area (Å²) in [7, 11) is 0. The molecule has 0 fully saturated rings. The van der Waals surface area contributed by atoms with Gasteiger partial charge in [0, 0.05) is 6.54 Å². The molecule has 2 atom stereocenters. The lowest BCUT2D eigenvalue weighted by molar-refractivity contribution is -0.141. The molecule has 0 aliphatic carbocycles. The summed E-state index contributed by atoms with van der Waals surface area (Å²) in [6.45, 7) is 1.98. The van der Waals surface area contributed by atoms with Crippen LogP contribution in [0.1, 0.15) is 24.8 Å². The molecule has 0 aliphatic heterocycles. The number of carboxylic acids is 1. The Morgan fingerprint density at radius 2 is 2.25 bits per heavy atom.